The largest absolute Gasteiger partial charge is 0.207 e. The van der Waals surface area contributed by atoms with Crippen LogP contribution in [0.1, 0.15) is 29.9 Å². The number of hydrogen-bond donors (Lipinski definition) is 0. The van der Waals surface area contributed by atoms with E-state index < -0.39 is 0 Å². The van der Waals surface area contributed by atoms with Gasteiger partial charge in [-0.1, -0.05) is 12.1 Å². The normalized spacial score (nSPS) is 19.5. The molecule has 0 saturated carbocycles. The molecule has 13 heavy (non-hydrogen) atoms. The molecule has 1 aromatic rings. The summed E-state index contributed by atoms with van der Waals surface area (Å²) in [7, 11) is 0. The zero-order valence-electron chi connectivity index (χ0n) is 7.26. The SMILES string of the molecule is N#CCC1CCc2cccc(F)c21. The van der Waals surface area contributed by atoms with Crippen molar-refractivity contribution in [2.45, 2.75) is 25.2 Å². The van der Waals surface area contributed by atoms with Crippen LogP contribution in [0.3, 0.4) is 0 Å². The van der Waals surface area contributed by atoms with E-state index in [1.807, 2.05) is 6.07 Å². The zero-order valence-corrected chi connectivity index (χ0v) is 7.26. The van der Waals surface area contributed by atoms with Gasteiger partial charge in [0.15, 0.2) is 0 Å². The van der Waals surface area contributed by atoms with Gasteiger partial charge in [0.1, 0.15) is 5.82 Å². The van der Waals surface area contributed by atoms with Gasteiger partial charge in [-0.15, -0.1) is 0 Å². The van der Waals surface area contributed by atoms with Crippen LogP contribution in [0.2, 0.25) is 0 Å². The number of hydrogen-bond acceptors (Lipinski definition) is 1. The van der Waals surface area contributed by atoms with Crippen molar-refractivity contribution in [1.82, 2.24) is 0 Å². The van der Waals surface area contributed by atoms with Crippen LogP contribution in [0.5, 0.6) is 0 Å². The highest BCUT2D eigenvalue weighted by molar-refractivity contribution is 5.36. The van der Waals surface area contributed by atoms with Gasteiger partial charge in [-0.25, -0.2) is 4.39 Å². The molecule has 0 saturated heterocycles. The Balaban J connectivity index is 2.41. The van der Waals surface area contributed by atoms with Crippen LogP contribution in [0.4, 0.5) is 4.39 Å². The molecule has 0 radical (unpaired) electrons. The summed E-state index contributed by atoms with van der Waals surface area (Å²) in [5, 5.41) is 8.57. The standard InChI is InChI=1S/C11H10FN/c12-10-3-1-2-8-4-5-9(6-7-13)11(8)10/h1-3,9H,4-6H2. The predicted molar refractivity (Wildman–Crippen MR) is 47.7 cm³/mol. The Morgan fingerprint density at radius 1 is 1.54 bits per heavy atom. The molecule has 1 atom stereocenters. The Labute approximate surface area is 76.8 Å². The van der Waals surface area contributed by atoms with E-state index in [1.165, 1.54) is 6.07 Å². The summed E-state index contributed by atoms with van der Waals surface area (Å²) in [6.07, 6.45) is 2.28. The molecule has 1 aliphatic rings. The van der Waals surface area contributed by atoms with Crippen molar-refractivity contribution >= 4 is 0 Å². The maximum atomic E-state index is 13.4. The topological polar surface area (TPSA) is 23.8 Å². The predicted octanol–water partition coefficient (Wildman–Crippen LogP) is 2.77. The summed E-state index contributed by atoms with van der Waals surface area (Å²) < 4.78 is 13.4. The second-order valence-electron chi connectivity index (χ2n) is 3.41. The van der Waals surface area contributed by atoms with Gasteiger partial charge >= 0.3 is 0 Å². The van der Waals surface area contributed by atoms with Crippen molar-refractivity contribution in [2.24, 2.45) is 0 Å². The minimum absolute atomic E-state index is 0.126. The molecule has 2 heteroatoms. The molecule has 0 heterocycles. The Bertz CT molecular complexity index is 365. The molecule has 0 N–H and O–H groups in total. The Morgan fingerprint density at radius 2 is 2.38 bits per heavy atom. The van der Waals surface area contributed by atoms with E-state index in [2.05, 4.69) is 6.07 Å². The molecule has 1 aliphatic carbocycles. The molecule has 0 amide bonds. The lowest BCUT2D eigenvalue weighted by Crippen LogP contribution is -1.95. The van der Waals surface area contributed by atoms with E-state index in [4.69, 9.17) is 5.26 Å². The van der Waals surface area contributed by atoms with Gasteiger partial charge in [0.25, 0.3) is 0 Å². The third kappa shape index (κ3) is 1.31. The van der Waals surface area contributed by atoms with Gasteiger partial charge in [-0.2, -0.15) is 5.26 Å². The molecular weight excluding hydrogens is 165 g/mol. The van der Waals surface area contributed by atoms with Gasteiger partial charge in [0, 0.05) is 12.3 Å². The summed E-state index contributed by atoms with van der Waals surface area (Å²) in [6.45, 7) is 0. The fraction of sp³-hybridized carbons (Fsp3) is 0.364. The van der Waals surface area contributed by atoms with E-state index in [-0.39, 0.29) is 11.7 Å². The van der Waals surface area contributed by atoms with Crippen LogP contribution in [0.15, 0.2) is 18.2 Å². The van der Waals surface area contributed by atoms with Crippen LogP contribution in [0.25, 0.3) is 0 Å². The molecular formula is C11H10FN. The van der Waals surface area contributed by atoms with Crippen molar-refractivity contribution in [3.05, 3.63) is 35.1 Å². The number of nitriles is 1. The van der Waals surface area contributed by atoms with Crippen LogP contribution >= 0.6 is 0 Å². The minimum Gasteiger partial charge on any atom is -0.207 e. The van der Waals surface area contributed by atoms with E-state index in [1.54, 1.807) is 6.07 Å². The van der Waals surface area contributed by atoms with Crippen molar-refractivity contribution in [3.8, 4) is 6.07 Å². The lowest BCUT2D eigenvalue weighted by atomic mass is 9.98. The maximum absolute atomic E-state index is 13.4. The quantitative estimate of drug-likeness (QED) is 0.643. The molecule has 0 aliphatic heterocycles. The third-order valence-corrected chi connectivity index (χ3v) is 2.65. The number of fused-ring (bicyclic) bond motifs is 1. The van der Waals surface area contributed by atoms with Crippen molar-refractivity contribution in [3.63, 3.8) is 0 Å². The number of rotatable bonds is 1. The Hall–Kier alpha value is -1.36. The summed E-state index contributed by atoms with van der Waals surface area (Å²) in [6, 6.07) is 7.28. The molecule has 1 unspecified atom stereocenters. The fourth-order valence-corrected chi connectivity index (χ4v) is 2.05. The van der Waals surface area contributed by atoms with Gasteiger partial charge in [0.2, 0.25) is 0 Å². The summed E-state index contributed by atoms with van der Waals surface area (Å²) in [4.78, 5) is 0. The van der Waals surface area contributed by atoms with Crippen molar-refractivity contribution in [1.29, 1.82) is 5.26 Å². The second-order valence-corrected chi connectivity index (χ2v) is 3.41. The van der Waals surface area contributed by atoms with Crippen LogP contribution < -0.4 is 0 Å². The molecule has 0 bridgehead atoms. The van der Waals surface area contributed by atoms with E-state index >= 15 is 0 Å². The number of halogens is 1. The minimum atomic E-state index is -0.143. The summed E-state index contributed by atoms with van der Waals surface area (Å²) >= 11 is 0. The van der Waals surface area contributed by atoms with Crippen LogP contribution in [-0.2, 0) is 6.42 Å². The monoisotopic (exact) mass is 175 g/mol. The van der Waals surface area contributed by atoms with Gasteiger partial charge in [-0.05, 0) is 30.0 Å². The van der Waals surface area contributed by atoms with E-state index in [9.17, 15) is 4.39 Å². The highest BCUT2D eigenvalue weighted by Gasteiger charge is 2.24. The van der Waals surface area contributed by atoms with E-state index in [0.29, 0.717) is 6.42 Å². The van der Waals surface area contributed by atoms with Gasteiger partial charge < -0.3 is 0 Å². The first-order valence-corrected chi connectivity index (χ1v) is 4.47. The molecule has 0 spiro atoms. The molecule has 0 aromatic heterocycles. The third-order valence-electron chi connectivity index (χ3n) is 2.65. The number of aryl methyl sites for hydroxylation is 1. The summed E-state index contributed by atoms with van der Waals surface area (Å²) in [5.41, 5.74) is 1.87. The molecule has 0 fully saturated rings. The van der Waals surface area contributed by atoms with Crippen LogP contribution in [0, 0.1) is 17.1 Å². The van der Waals surface area contributed by atoms with Crippen LogP contribution in [-0.4, -0.2) is 0 Å². The Morgan fingerprint density at radius 3 is 3.15 bits per heavy atom. The Kier molecular flexibility index (Phi) is 2.02. The first-order valence-electron chi connectivity index (χ1n) is 4.47. The van der Waals surface area contributed by atoms with Crippen molar-refractivity contribution in [2.75, 3.05) is 0 Å². The van der Waals surface area contributed by atoms with Crippen molar-refractivity contribution < 1.29 is 4.39 Å². The zero-order chi connectivity index (χ0) is 9.26. The van der Waals surface area contributed by atoms with E-state index in [0.717, 1.165) is 24.0 Å². The highest BCUT2D eigenvalue weighted by Crippen LogP contribution is 2.36. The smallest absolute Gasteiger partial charge is 0.126 e. The maximum Gasteiger partial charge on any atom is 0.126 e. The highest BCUT2D eigenvalue weighted by atomic mass is 19.1. The average molecular weight is 175 g/mol. The lowest BCUT2D eigenvalue weighted by molar-refractivity contribution is 0.585. The number of nitrogens with zero attached hydrogens (tertiary/aromatic N) is 1. The van der Waals surface area contributed by atoms with Gasteiger partial charge in [-0.3, -0.25) is 0 Å². The lowest BCUT2D eigenvalue weighted by Gasteiger charge is -2.07. The number of benzene rings is 1. The second kappa shape index (κ2) is 3.18. The van der Waals surface area contributed by atoms with Gasteiger partial charge in [0.05, 0.1) is 6.07 Å². The average Bonchev–Trinajstić information content (AvgIpc) is 2.51. The molecule has 1 aromatic carbocycles. The molecule has 2 rings (SSSR count). The molecule has 66 valence electrons. The fourth-order valence-electron chi connectivity index (χ4n) is 2.05. The first-order chi connectivity index (χ1) is 6.33. The summed E-state index contributed by atoms with van der Waals surface area (Å²) in [5.74, 6) is -0.0172. The molecule has 1 nitrogen and oxygen atoms in total. The first kappa shape index (κ1) is 8.25.